The number of methoxy groups -OCH3 is 1. The van der Waals surface area contributed by atoms with Crippen molar-refractivity contribution in [3.63, 3.8) is 0 Å². The first-order valence-corrected chi connectivity index (χ1v) is 13.1. The van der Waals surface area contributed by atoms with Crippen LogP contribution in [0.15, 0.2) is 66.7 Å². The van der Waals surface area contributed by atoms with Gasteiger partial charge in [-0.2, -0.15) is 0 Å². The summed E-state index contributed by atoms with van der Waals surface area (Å²) in [5, 5.41) is 1.49. The van der Waals surface area contributed by atoms with Crippen LogP contribution < -0.4 is 5.32 Å². The van der Waals surface area contributed by atoms with Gasteiger partial charge in [-0.25, -0.2) is 9.78 Å². The highest BCUT2D eigenvalue weighted by molar-refractivity contribution is 8.15. The lowest BCUT2D eigenvalue weighted by Gasteiger charge is -2.14. The van der Waals surface area contributed by atoms with Crippen LogP contribution in [-0.4, -0.2) is 33.8 Å². The van der Waals surface area contributed by atoms with E-state index in [2.05, 4.69) is 28.9 Å². The molecular formula is C29H27N3O4S. The van der Waals surface area contributed by atoms with E-state index in [9.17, 15) is 14.4 Å². The van der Waals surface area contributed by atoms with E-state index in [-0.39, 0.29) is 17.1 Å². The number of nitrogens with zero attached hydrogens (tertiary/aromatic N) is 2. The summed E-state index contributed by atoms with van der Waals surface area (Å²) < 4.78 is 7.16. The van der Waals surface area contributed by atoms with Crippen molar-refractivity contribution in [2.75, 3.05) is 7.11 Å². The van der Waals surface area contributed by atoms with Crippen LogP contribution in [0.2, 0.25) is 0 Å². The molecule has 1 N–H and O–H groups in total. The van der Waals surface area contributed by atoms with Gasteiger partial charge in [0.1, 0.15) is 11.1 Å². The van der Waals surface area contributed by atoms with Gasteiger partial charge < -0.3 is 9.30 Å². The van der Waals surface area contributed by atoms with Crippen molar-refractivity contribution >= 4 is 39.9 Å². The summed E-state index contributed by atoms with van der Waals surface area (Å²) in [4.78, 5) is 41.4. The minimum Gasteiger partial charge on any atom is -0.465 e. The number of carbonyl (C=O) groups excluding carboxylic acids is 3. The number of hydrogen-bond donors (Lipinski definition) is 1. The van der Waals surface area contributed by atoms with Crippen LogP contribution in [-0.2, 0) is 22.5 Å². The lowest BCUT2D eigenvalue weighted by molar-refractivity contribution is -0.119. The number of benzene rings is 3. The smallest absolute Gasteiger partial charge is 0.340 e. The third-order valence-electron chi connectivity index (χ3n) is 6.54. The van der Waals surface area contributed by atoms with E-state index in [0.717, 1.165) is 70.1 Å². The fourth-order valence-corrected chi connectivity index (χ4v) is 5.60. The predicted octanol–water partition coefficient (Wildman–Crippen LogP) is 5.90. The summed E-state index contributed by atoms with van der Waals surface area (Å²) >= 11 is 1.01. The highest BCUT2D eigenvalue weighted by atomic mass is 32.2. The molecule has 0 spiro atoms. The van der Waals surface area contributed by atoms with Crippen LogP contribution in [0.5, 0.6) is 0 Å². The molecule has 188 valence electrons. The molecule has 8 heteroatoms. The molecule has 0 aliphatic carbocycles. The average molecular weight is 514 g/mol. The summed E-state index contributed by atoms with van der Waals surface area (Å²) in [6.07, 6.45) is 2.86. The minimum atomic E-state index is -0.557. The molecule has 37 heavy (non-hydrogen) atoms. The summed E-state index contributed by atoms with van der Waals surface area (Å²) in [5.74, 6) is 0.275. The molecule has 7 nitrogen and oxygen atoms in total. The fourth-order valence-electron chi connectivity index (χ4n) is 4.73. The van der Waals surface area contributed by atoms with Gasteiger partial charge in [0.05, 0.1) is 23.7 Å². The third kappa shape index (κ3) is 4.89. The van der Waals surface area contributed by atoms with Crippen molar-refractivity contribution in [2.45, 2.75) is 38.0 Å². The van der Waals surface area contributed by atoms with Crippen LogP contribution in [0.25, 0.3) is 22.2 Å². The number of ether oxygens (including phenoxy) is 1. The normalized spacial score (nSPS) is 15.2. The van der Waals surface area contributed by atoms with Gasteiger partial charge in [0.25, 0.3) is 5.24 Å². The van der Waals surface area contributed by atoms with Gasteiger partial charge in [-0.05, 0) is 52.6 Å². The Labute approximate surface area is 219 Å². The van der Waals surface area contributed by atoms with Crippen LogP contribution in [0, 0.1) is 0 Å². The van der Waals surface area contributed by atoms with Crippen molar-refractivity contribution < 1.29 is 19.1 Å². The molecule has 1 unspecified atom stereocenters. The maximum Gasteiger partial charge on any atom is 0.340 e. The van der Waals surface area contributed by atoms with Gasteiger partial charge in [-0.1, -0.05) is 67.9 Å². The van der Waals surface area contributed by atoms with E-state index in [1.807, 2.05) is 48.5 Å². The van der Waals surface area contributed by atoms with Crippen molar-refractivity contribution in [1.29, 1.82) is 0 Å². The Morgan fingerprint density at radius 1 is 1.05 bits per heavy atom. The van der Waals surface area contributed by atoms with E-state index in [4.69, 9.17) is 9.72 Å². The maximum atomic E-state index is 12.5. The van der Waals surface area contributed by atoms with Crippen LogP contribution in [0.3, 0.4) is 0 Å². The molecule has 0 bridgehead atoms. The molecule has 3 aromatic carbocycles. The van der Waals surface area contributed by atoms with Crippen LogP contribution >= 0.6 is 11.8 Å². The first-order valence-electron chi connectivity index (χ1n) is 12.3. The van der Waals surface area contributed by atoms with Crippen molar-refractivity contribution in [2.24, 2.45) is 0 Å². The lowest BCUT2D eigenvalue weighted by atomic mass is 9.96. The van der Waals surface area contributed by atoms with Gasteiger partial charge in [0.2, 0.25) is 5.91 Å². The molecule has 1 saturated heterocycles. The molecule has 0 saturated carbocycles. The zero-order valence-corrected chi connectivity index (χ0v) is 21.5. The number of nitrogens with one attached hydrogen (secondary N) is 1. The highest BCUT2D eigenvalue weighted by Crippen LogP contribution is 2.39. The highest BCUT2D eigenvalue weighted by Gasteiger charge is 2.34. The van der Waals surface area contributed by atoms with Crippen molar-refractivity contribution in [3.8, 4) is 11.1 Å². The molecule has 1 aliphatic rings. The first kappa shape index (κ1) is 24.8. The van der Waals surface area contributed by atoms with E-state index >= 15 is 0 Å². The standard InChI is InChI=1S/C29H27N3O4S/c1-3-4-12-24-30-23-11-7-10-22(28(34)36-2)25(23)32(24)17-18-13-15-19(16-14-18)20-8-5-6-9-21(20)26-27(33)31-29(35)37-26/h5-11,13-16,26H,3-4,12,17H2,1-2H3,(H,31,33,35). The molecular weight excluding hydrogens is 486 g/mol. The van der Waals surface area contributed by atoms with E-state index in [1.165, 1.54) is 7.11 Å². The number of aryl methyl sites for hydroxylation is 1. The molecule has 2 amide bonds. The number of fused-ring (bicyclic) bond motifs is 1. The summed E-state index contributed by atoms with van der Waals surface area (Å²) in [7, 11) is 1.39. The zero-order chi connectivity index (χ0) is 25.9. The van der Waals surface area contributed by atoms with Gasteiger partial charge >= 0.3 is 5.97 Å². The van der Waals surface area contributed by atoms with Crippen LogP contribution in [0.4, 0.5) is 4.79 Å². The largest absolute Gasteiger partial charge is 0.465 e. The van der Waals surface area contributed by atoms with Gasteiger partial charge in [0, 0.05) is 13.0 Å². The number of imidazole rings is 1. The number of para-hydroxylation sites is 1. The molecule has 4 aromatic rings. The Kier molecular flexibility index (Phi) is 7.10. The van der Waals surface area contributed by atoms with Gasteiger partial charge in [-0.15, -0.1) is 0 Å². The molecule has 1 fully saturated rings. The second-order valence-electron chi connectivity index (χ2n) is 8.94. The molecule has 1 aromatic heterocycles. The maximum absolute atomic E-state index is 12.5. The topological polar surface area (TPSA) is 90.3 Å². The number of thioether (sulfide) groups is 1. The molecule has 5 rings (SSSR count). The SMILES string of the molecule is CCCCc1nc2cccc(C(=O)OC)c2n1Cc1ccc(-c2ccccc2C2SC(=O)NC2=O)cc1. The molecule has 0 radical (unpaired) electrons. The fraction of sp³-hybridized carbons (Fsp3) is 0.241. The number of aromatic nitrogens is 2. The van der Waals surface area contributed by atoms with Gasteiger partial charge in [-0.3, -0.25) is 14.9 Å². The molecule has 1 aliphatic heterocycles. The minimum absolute atomic E-state index is 0.285. The van der Waals surface area contributed by atoms with E-state index in [1.54, 1.807) is 6.07 Å². The Morgan fingerprint density at radius 3 is 2.54 bits per heavy atom. The number of esters is 1. The Morgan fingerprint density at radius 2 is 1.84 bits per heavy atom. The number of imide groups is 1. The number of rotatable bonds is 8. The average Bonchev–Trinajstić information content (AvgIpc) is 3.45. The van der Waals surface area contributed by atoms with Crippen molar-refractivity contribution in [3.05, 3.63) is 89.2 Å². The summed E-state index contributed by atoms with van der Waals surface area (Å²) in [6, 6.07) is 21.4. The van der Waals surface area contributed by atoms with Gasteiger partial charge in [0.15, 0.2) is 0 Å². The molecule has 2 heterocycles. The quantitative estimate of drug-likeness (QED) is 0.295. The zero-order valence-electron chi connectivity index (χ0n) is 20.7. The van der Waals surface area contributed by atoms with E-state index < -0.39 is 5.25 Å². The monoisotopic (exact) mass is 513 g/mol. The third-order valence-corrected chi connectivity index (χ3v) is 7.56. The van der Waals surface area contributed by atoms with Crippen molar-refractivity contribution in [1.82, 2.24) is 14.9 Å². The number of hydrogen-bond acceptors (Lipinski definition) is 6. The summed E-state index contributed by atoms with van der Waals surface area (Å²) in [6.45, 7) is 2.70. The number of amides is 2. The van der Waals surface area contributed by atoms with Crippen LogP contribution in [0.1, 0.15) is 52.3 Å². The second-order valence-corrected chi connectivity index (χ2v) is 10.0. The first-order chi connectivity index (χ1) is 18.0. The van der Waals surface area contributed by atoms with E-state index in [0.29, 0.717) is 12.1 Å². The Balaban J connectivity index is 1.50. The Hall–Kier alpha value is -3.91. The molecule has 1 atom stereocenters. The predicted molar refractivity (Wildman–Crippen MR) is 145 cm³/mol. The number of carbonyl (C=O) groups is 3. The lowest BCUT2D eigenvalue weighted by Crippen LogP contribution is -2.20. The Bertz CT molecular complexity index is 1490. The second kappa shape index (κ2) is 10.6. The number of unbranched alkanes of at least 4 members (excludes halogenated alkanes) is 1. The summed E-state index contributed by atoms with van der Waals surface area (Å²) in [5.41, 5.74) is 5.81.